The minimum absolute atomic E-state index is 0.397. The molecule has 0 aliphatic carbocycles. The second kappa shape index (κ2) is 10.3. The Balaban J connectivity index is 1.79. The third-order valence-electron chi connectivity index (χ3n) is 3.25. The second-order valence-electron chi connectivity index (χ2n) is 5.26. The van der Waals surface area contributed by atoms with Crippen LogP contribution in [0.2, 0.25) is 0 Å². The van der Waals surface area contributed by atoms with Gasteiger partial charge in [-0.15, -0.1) is 0 Å². The average molecular weight is 371 g/mol. The van der Waals surface area contributed by atoms with Crippen LogP contribution in [0, 0.1) is 0 Å². The van der Waals surface area contributed by atoms with E-state index in [-0.39, 0.29) is 0 Å². The predicted molar refractivity (Wildman–Crippen MR) is 103 cm³/mol. The molecule has 0 radical (unpaired) electrons. The van der Waals surface area contributed by atoms with Crippen LogP contribution in [0.3, 0.4) is 0 Å². The fourth-order valence-electron chi connectivity index (χ4n) is 1.98. The molecule has 0 bridgehead atoms. The first-order chi connectivity index (χ1) is 12.6. The van der Waals surface area contributed by atoms with Crippen LogP contribution in [0.15, 0.2) is 71.0 Å². The van der Waals surface area contributed by atoms with Crippen molar-refractivity contribution in [3.63, 3.8) is 0 Å². The second-order valence-corrected chi connectivity index (χ2v) is 6.24. The molecule has 2 aromatic rings. The van der Waals surface area contributed by atoms with Crippen molar-refractivity contribution in [3.05, 3.63) is 66.1 Å². The van der Waals surface area contributed by atoms with Crippen LogP contribution in [0.4, 0.5) is 5.69 Å². The van der Waals surface area contributed by atoms with Crippen LogP contribution in [-0.4, -0.2) is 24.6 Å². The van der Waals surface area contributed by atoms with Gasteiger partial charge in [-0.1, -0.05) is 30.0 Å². The molecule has 0 saturated carbocycles. The normalized spacial score (nSPS) is 11.8. The Morgan fingerprint density at radius 3 is 2.46 bits per heavy atom. The van der Waals surface area contributed by atoms with Crippen LogP contribution >= 0.6 is 11.8 Å². The van der Waals surface area contributed by atoms with E-state index in [1.165, 1.54) is 24.8 Å². The van der Waals surface area contributed by atoms with E-state index in [9.17, 15) is 9.59 Å². The molecule has 5 nitrogen and oxygen atoms in total. The number of thioether (sulfide) groups is 1. The molecule has 0 aliphatic rings. The zero-order valence-corrected chi connectivity index (χ0v) is 15.5. The smallest absolute Gasteiger partial charge is 0.332 e. The maximum Gasteiger partial charge on any atom is 0.332 e. The Kier molecular flexibility index (Phi) is 7.76. The maximum absolute atomic E-state index is 12.1. The van der Waals surface area contributed by atoms with E-state index in [0.29, 0.717) is 12.3 Å². The van der Waals surface area contributed by atoms with Crippen LogP contribution < -0.4 is 10.1 Å². The van der Waals surface area contributed by atoms with Gasteiger partial charge in [0.2, 0.25) is 0 Å². The summed E-state index contributed by atoms with van der Waals surface area (Å²) in [6, 6.07) is 16.6. The molecular weight excluding hydrogens is 350 g/mol. The van der Waals surface area contributed by atoms with Gasteiger partial charge in [-0.2, -0.15) is 0 Å². The maximum atomic E-state index is 12.1. The van der Waals surface area contributed by atoms with Gasteiger partial charge < -0.3 is 14.8 Å². The predicted octanol–water partition coefficient (Wildman–Crippen LogP) is 4.26. The Morgan fingerprint density at radius 2 is 1.81 bits per heavy atom. The Bertz CT molecular complexity index is 744. The van der Waals surface area contributed by atoms with Gasteiger partial charge in [0.25, 0.3) is 5.91 Å². The Morgan fingerprint density at radius 1 is 1.12 bits per heavy atom. The van der Waals surface area contributed by atoms with Crippen molar-refractivity contribution in [2.24, 2.45) is 0 Å². The first kappa shape index (κ1) is 19.6. The summed E-state index contributed by atoms with van der Waals surface area (Å²) in [5, 5.41) is 4.33. The number of carbonyl (C=O) groups is 2. The summed E-state index contributed by atoms with van der Waals surface area (Å²) in [5.74, 6) is -0.236. The molecule has 0 spiro atoms. The fourth-order valence-corrected chi connectivity index (χ4v) is 2.63. The van der Waals surface area contributed by atoms with Crippen molar-refractivity contribution in [1.29, 1.82) is 0 Å². The molecule has 0 heterocycles. The number of hydrogen-bond acceptors (Lipinski definition) is 5. The zero-order chi connectivity index (χ0) is 18.8. The first-order valence-electron chi connectivity index (χ1n) is 8.21. The molecule has 1 amide bonds. The summed E-state index contributed by atoms with van der Waals surface area (Å²) in [6.07, 6.45) is 0.402. The van der Waals surface area contributed by atoms with Crippen molar-refractivity contribution < 1.29 is 19.1 Å². The van der Waals surface area contributed by atoms with Gasteiger partial charge in [-0.25, -0.2) is 4.79 Å². The van der Waals surface area contributed by atoms with Gasteiger partial charge in [0.05, 0.1) is 6.61 Å². The highest BCUT2D eigenvalue weighted by Gasteiger charge is 2.16. The van der Waals surface area contributed by atoms with E-state index in [0.717, 1.165) is 10.6 Å². The van der Waals surface area contributed by atoms with Crippen molar-refractivity contribution in [3.8, 4) is 5.75 Å². The number of rotatable bonds is 8. The lowest BCUT2D eigenvalue weighted by Gasteiger charge is -2.12. The van der Waals surface area contributed by atoms with Gasteiger partial charge in [-0.3, -0.25) is 4.79 Å². The fraction of sp³-hybridized carbons (Fsp3) is 0.200. The quantitative estimate of drug-likeness (QED) is 0.427. The first-order valence-corrected chi connectivity index (χ1v) is 9.09. The molecule has 136 valence electrons. The highest BCUT2D eigenvalue weighted by molar-refractivity contribution is 8.02. The van der Waals surface area contributed by atoms with Crippen molar-refractivity contribution in [2.45, 2.75) is 24.8 Å². The molecule has 0 saturated heterocycles. The summed E-state index contributed by atoms with van der Waals surface area (Å²) in [6.45, 7) is 4.01. The molecule has 2 rings (SSSR count). The summed E-state index contributed by atoms with van der Waals surface area (Å²) in [7, 11) is 0. The molecule has 0 aliphatic heterocycles. The lowest BCUT2D eigenvalue weighted by molar-refractivity contribution is -0.148. The molecule has 2 aromatic carbocycles. The van der Waals surface area contributed by atoms with E-state index in [2.05, 4.69) is 5.32 Å². The molecule has 0 unspecified atom stereocenters. The molecule has 0 fully saturated rings. The summed E-state index contributed by atoms with van der Waals surface area (Å²) < 4.78 is 10.5. The highest BCUT2D eigenvalue weighted by atomic mass is 32.2. The average Bonchev–Trinajstić information content (AvgIpc) is 2.64. The number of ether oxygens (including phenoxy) is 2. The van der Waals surface area contributed by atoms with E-state index >= 15 is 0 Å². The largest absolute Gasteiger partial charge is 0.494 e. The van der Waals surface area contributed by atoms with Crippen LogP contribution in [-0.2, 0) is 14.3 Å². The number of anilines is 1. The number of hydrogen-bond donors (Lipinski definition) is 1. The van der Waals surface area contributed by atoms with E-state index in [4.69, 9.17) is 9.47 Å². The van der Waals surface area contributed by atoms with Crippen LogP contribution in [0.25, 0.3) is 0 Å². The third-order valence-corrected chi connectivity index (χ3v) is 4.06. The molecule has 1 N–H and O–H groups in total. The zero-order valence-electron chi connectivity index (χ0n) is 14.7. The SMILES string of the molecule is CCOc1ccc(NC(=O)[C@H](C)OC(=O)/C=C/Sc2ccccc2)cc1. The summed E-state index contributed by atoms with van der Waals surface area (Å²) in [4.78, 5) is 24.9. The number of amides is 1. The van der Waals surface area contributed by atoms with Gasteiger partial charge in [0, 0.05) is 16.7 Å². The van der Waals surface area contributed by atoms with Crippen LogP contribution in [0.5, 0.6) is 5.75 Å². The Hall–Kier alpha value is -2.73. The monoisotopic (exact) mass is 371 g/mol. The van der Waals surface area contributed by atoms with E-state index in [1.54, 1.807) is 29.7 Å². The minimum atomic E-state index is -0.902. The topological polar surface area (TPSA) is 64.6 Å². The molecule has 26 heavy (non-hydrogen) atoms. The number of esters is 1. The lowest BCUT2D eigenvalue weighted by atomic mass is 10.3. The van der Waals surface area contributed by atoms with Gasteiger partial charge >= 0.3 is 5.97 Å². The summed E-state index contributed by atoms with van der Waals surface area (Å²) in [5.41, 5.74) is 0.608. The van der Waals surface area contributed by atoms with Crippen molar-refractivity contribution in [1.82, 2.24) is 0 Å². The molecule has 1 atom stereocenters. The summed E-state index contributed by atoms with van der Waals surface area (Å²) >= 11 is 1.40. The molecule has 6 heteroatoms. The van der Waals surface area contributed by atoms with E-state index < -0.39 is 18.0 Å². The van der Waals surface area contributed by atoms with Crippen LogP contribution in [0.1, 0.15) is 13.8 Å². The Labute approximate surface area is 157 Å². The van der Waals surface area contributed by atoms with Gasteiger partial charge in [-0.05, 0) is 55.7 Å². The van der Waals surface area contributed by atoms with Gasteiger partial charge in [0.15, 0.2) is 6.10 Å². The lowest BCUT2D eigenvalue weighted by Crippen LogP contribution is -2.29. The number of benzene rings is 2. The molecular formula is C20H21NO4S. The number of carbonyl (C=O) groups excluding carboxylic acids is 2. The molecule has 0 aromatic heterocycles. The van der Waals surface area contributed by atoms with E-state index in [1.807, 2.05) is 37.3 Å². The van der Waals surface area contributed by atoms with Crippen molar-refractivity contribution in [2.75, 3.05) is 11.9 Å². The third kappa shape index (κ3) is 6.64. The standard InChI is InChI=1S/C20H21NO4S/c1-3-24-17-11-9-16(10-12-17)21-20(23)15(2)25-19(22)13-14-26-18-7-5-4-6-8-18/h4-15H,3H2,1-2H3,(H,21,23)/b14-13+/t15-/m0/s1. The van der Waals surface area contributed by atoms with Crippen molar-refractivity contribution >= 4 is 29.3 Å². The number of nitrogens with one attached hydrogen (secondary N) is 1. The highest BCUT2D eigenvalue weighted by Crippen LogP contribution is 2.18. The minimum Gasteiger partial charge on any atom is -0.494 e. The van der Waals surface area contributed by atoms with Gasteiger partial charge in [0.1, 0.15) is 5.75 Å².